The molecule has 2 nitrogen and oxygen atoms in total. The minimum absolute atomic E-state index is 0.0388. The van der Waals surface area contributed by atoms with Gasteiger partial charge >= 0.3 is 0 Å². The topological polar surface area (TPSA) is 46.2 Å². The molecule has 2 rings (SSSR count). The van der Waals surface area contributed by atoms with Gasteiger partial charge < -0.3 is 10.8 Å². The van der Waals surface area contributed by atoms with Gasteiger partial charge in [0.05, 0.1) is 5.60 Å². The number of hydrogen-bond acceptors (Lipinski definition) is 2. The van der Waals surface area contributed by atoms with Crippen molar-refractivity contribution in [3.63, 3.8) is 0 Å². The van der Waals surface area contributed by atoms with Crippen LogP contribution in [0.2, 0.25) is 0 Å². The third-order valence-corrected chi connectivity index (χ3v) is 7.30. The Hall–Kier alpha value is -0.0800. The highest BCUT2D eigenvalue weighted by Gasteiger charge is 2.55. The van der Waals surface area contributed by atoms with E-state index in [1.54, 1.807) is 0 Å². The van der Waals surface area contributed by atoms with Crippen LogP contribution in [0.3, 0.4) is 0 Å². The van der Waals surface area contributed by atoms with Gasteiger partial charge in [-0.25, -0.2) is 0 Å². The molecule has 2 aliphatic rings. The molecule has 0 radical (unpaired) electrons. The molecule has 2 fully saturated rings. The van der Waals surface area contributed by atoms with Crippen LogP contribution >= 0.6 is 0 Å². The first-order chi connectivity index (χ1) is 9.66. The van der Waals surface area contributed by atoms with Crippen molar-refractivity contribution in [3.8, 4) is 0 Å². The Morgan fingerprint density at radius 3 is 2.10 bits per heavy atom. The van der Waals surface area contributed by atoms with Gasteiger partial charge in [-0.05, 0) is 55.3 Å². The zero-order valence-corrected chi connectivity index (χ0v) is 14.9. The van der Waals surface area contributed by atoms with Crippen molar-refractivity contribution >= 4 is 0 Å². The molecule has 3 atom stereocenters. The van der Waals surface area contributed by atoms with Gasteiger partial charge in [-0.1, -0.05) is 47.5 Å². The van der Waals surface area contributed by atoms with Crippen LogP contribution in [0.15, 0.2) is 0 Å². The van der Waals surface area contributed by atoms with Crippen LogP contribution in [-0.4, -0.2) is 17.3 Å². The van der Waals surface area contributed by atoms with Gasteiger partial charge in [0.1, 0.15) is 0 Å². The average molecular weight is 296 g/mol. The summed E-state index contributed by atoms with van der Waals surface area (Å²) in [7, 11) is 0. The van der Waals surface area contributed by atoms with E-state index in [0.717, 1.165) is 31.6 Å². The molecule has 0 aromatic heterocycles. The van der Waals surface area contributed by atoms with Gasteiger partial charge in [-0.2, -0.15) is 0 Å². The fraction of sp³-hybridized carbons (Fsp3) is 1.00. The highest BCUT2D eigenvalue weighted by atomic mass is 16.3. The molecule has 2 saturated carbocycles. The summed E-state index contributed by atoms with van der Waals surface area (Å²) in [6.07, 6.45) is 8.04. The number of aliphatic hydroxyl groups is 1. The molecule has 0 saturated heterocycles. The minimum atomic E-state index is -0.539. The van der Waals surface area contributed by atoms with Crippen LogP contribution in [0.5, 0.6) is 0 Å². The fourth-order valence-electron chi connectivity index (χ4n) is 5.24. The van der Waals surface area contributed by atoms with E-state index in [-0.39, 0.29) is 5.41 Å². The van der Waals surface area contributed by atoms with Gasteiger partial charge in [0.25, 0.3) is 0 Å². The normalized spacial score (nSPS) is 45.6. The monoisotopic (exact) mass is 295 g/mol. The zero-order chi connectivity index (χ0) is 15.9. The van der Waals surface area contributed by atoms with E-state index in [2.05, 4.69) is 34.6 Å². The van der Waals surface area contributed by atoms with Crippen LogP contribution in [0, 0.1) is 28.6 Å². The Labute approximate surface area is 131 Å². The van der Waals surface area contributed by atoms with Crippen LogP contribution < -0.4 is 5.73 Å². The largest absolute Gasteiger partial charge is 0.389 e. The standard InChI is InChI=1S/C19H37NO/c1-14-7-6-10-19(21,15(14)2)18(13-20)11-8-16(9-12-18)17(3,4)5/h14-16,21H,6-13,20H2,1-5H3. The van der Waals surface area contributed by atoms with Crippen LogP contribution in [0.1, 0.15) is 79.6 Å². The summed E-state index contributed by atoms with van der Waals surface area (Å²) in [5, 5.41) is 11.6. The van der Waals surface area contributed by atoms with Gasteiger partial charge in [0, 0.05) is 12.0 Å². The summed E-state index contributed by atoms with van der Waals surface area (Å²) >= 11 is 0. The number of rotatable bonds is 2. The van der Waals surface area contributed by atoms with E-state index >= 15 is 0 Å². The number of nitrogens with two attached hydrogens (primary N) is 1. The van der Waals surface area contributed by atoms with Crippen molar-refractivity contribution in [2.45, 2.75) is 85.2 Å². The van der Waals surface area contributed by atoms with Crippen LogP contribution in [0.25, 0.3) is 0 Å². The molecule has 21 heavy (non-hydrogen) atoms. The molecule has 3 N–H and O–H groups in total. The van der Waals surface area contributed by atoms with Gasteiger partial charge in [0.15, 0.2) is 0 Å². The maximum atomic E-state index is 11.6. The highest BCUT2D eigenvalue weighted by Crippen LogP contribution is 2.56. The zero-order valence-electron chi connectivity index (χ0n) is 14.9. The second kappa shape index (κ2) is 5.85. The van der Waals surface area contributed by atoms with Crippen molar-refractivity contribution < 1.29 is 5.11 Å². The summed E-state index contributed by atoms with van der Waals surface area (Å²) in [6, 6.07) is 0. The van der Waals surface area contributed by atoms with E-state index < -0.39 is 5.60 Å². The summed E-state index contributed by atoms with van der Waals surface area (Å²) in [6.45, 7) is 12.3. The molecule has 0 heterocycles. The fourth-order valence-corrected chi connectivity index (χ4v) is 5.24. The van der Waals surface area contributed by atoms with Crippen molar-refractivity contribution in [3.05, 3.63) is 0 Å². The summed E-state index contributed by atoms with van der Waals surface area (Å²) in [5.41, 5.74) is 6.06. The van der Waals surface area contributed by atoms with Gasteiger partial charge in [0.2, 0.25) is 0 Å². The molecule has 0 amide bonds. The lowest BCUT2D eigenvalue weighted by atomic mass is 9.51. The van der Waals surface area contributed by atoms with Gasteiger partial charge in [-0.3, -0.25) is 0 Å². The van der Waals surface area contributed by atoms with E-state index in [4.69, 9.17) is 5.73 Å². The Balaban J connectivity index is 2.19. The lowest BCUT2D eigenvalue weighted by molar-refractivity contribution is -0.172. The second-order valence-electron chi connectivity index (χ2n) is 9.21. The molecule has 2 heteroatoms. The third kappa shape index (κ3) is 2.91. The first-order valence-electron chi connectivity index (χ1n) is 9.09. The molecule has 0 aromatic rings. The molecule has 0 aliphatic heterocycles. The van der Waals surface area contributed by atoms with Crippen LogP contribution in [-0.2, 0) is 0 Å². The van der Waals surface area contributed by atoms with Crippen molar-refractivity contribution in [1.82, 2.24) is 0 Å². The third-order valence-electron chi connectivity index (χ3n) is 7.30. The molecular weight excluding hydrogens is 258 g/mol. The molecule has 124 valence electrons. The lowest BCUT2D eigenvalue weighted by Gasteiger charge is -2.57. The quantitative estimate of drug-likeness (QED) is 0.795. The second-order valence-corrected chi connectivity index (χ2v) is 9.21. The molecule has 0 spiro atoms. The van der Waals surface area contributed by atoms with E-state index in [0.29, 0.717) is 23.8 Å². The Morgan fingerprint density at radius 2 is 1.62 bits per heavy atom. The first-order valence-corrected chi connectivity index (χ1v) is 9.09. The maximum Gasteiger partial charge on any atom is 0.0743 e. The predicted molar refractivity (Wildman–Crippen MR) is 90.0 cm³/mol. The van der Waals surface area contributed by atoms with Gasteiger partial charge in [-0.15, -0.1) is 0 Å². The smallest absolute Gasteiger partial charge is 0.0743 e. The van der Waals surface area contributed by atoms with Crippen molar-refractivity contribution in [2.24, 2.45) is 34.3 Å². The number of hydrogen-bond donors (Lipinski definition) is 2. The van der Waals surface area contributed by atoms with E-state index in [9.17, 15) is 5.11 Å². The summed E-state index contributed by atoms with van der Waals surface area (Å²) in [5.74, 6) is 1.77. The molecule has 3 unspecified atom stereocenters. The first kappa shape index (κ1) is 17.3. The summed E-state index contributed by atoms with van der Waals surface area (Å²) in [4.78, 5) is 0. The Kier molecular flexibility index (Phi) is 4.81. The SMILES string of the molecule is CC1CCCC(O)(C2(CN)CCC(C(C)(C)C)CC2)C1C. The van der Waals surface area contributed by atoms with Crippen molar-refractivity contribution in [2.75, 3.05) is 6.54 Å². The van der Waals surface area contributed by atoms with E-state index in [1.807, 2.05) is 0 Å². The Bertz CT molecular complexity index is 351. The van der Waals surface area contributed by atoms with Crippen LogP contribution in [0.4, 0.5) is 0 Å². The summed E-state index contributed by atoms with van der Waals surface area (Å²) < 4.78 is 0. The molecular formula is C19H37NO. The predicted octanol–water partition coefficient (Wildman–Crippen LogP) is 4.36. The lowest BCUT2D eigenvalue weighted by Crippen LogP contribution is -2.60. The Morgan fingerprint density at radius 1 is 1.05 bits per heavy atom. The van der Waals surface area contributed by atoms with E-state index in [1.165, 1.54) is 19.3 Å². The molecule has 0 bridgehead atoms. The highest BCUT2D eigenvalue weighted by molar-refractivity contribution is 5.07. The molecule has 2 aliphatic carbocycles. The average Bonchev–Trinajstić information content (AvgIpc) is 2.43. The van der Waals surface area contributed by atoms with Crippen molar-refractivity contribution in [1.29, 1.82) is 0 Å². The maximum absolute atomic E-state index is 11.6. The molecule has 0 aromatic carbocycles. The minimum Gasteiger partial charge on any atom is -0.389 e.